The van der Waals surface area contributed by atoms with Gasteiger partial charge in [0.2, 0.25) is 11.7 Å². The number of amides is 1. The number of hydrogen-bond donors (Lipinski definition) is 3. The van der Waals surface area contributed by atoms with Crippen LogP contribution in [0.25, 0.3) is 6.08 Å². The summed E-state index contributed by atoms with van der Waals surface area (Å²) in [6.45, 7) is 18.5. The van der Waals surface area contributed by atoms with Crippen molar-refractivity contribution in [3.05, 3.63) is 52.6 Å². The van der Waals surface area contributed by atoms with Gasteiger partial charge in [-0.25, -0.2) is 0 Å². The number of unbranched alkanes of at least 4 members (excludes halogenated alkanes) is 3. The summed E-state index contributed by atoms with van der Waals surface area (Å²) in [5, 5.41) is 24.5. The van der Waals surface area contributed by atoms with Crippen LogP contribution in [-0.4, -0.2) is 35.9 Å². The minimum Gasteiger partial charge on any atom is -0.507 e. The van der Waals surface area contributed by atoms with Crippen LogP contribution in [0.5, 0.6) is 23.0 Å². The Morgan fingerprint density at radius 2 is 1.29 bits per heavy atom. The number of carbonyl (C=O) groups excluding carboxylic acids is 1. The number of carbonyl (C=O) groups is 1. The quantitative estimate of drug-likeness (QED) is 0.149. The molecule has 0 radical (unpaired) electrons. The molecule has 41 heavy (non-hydrogen) atoms. The smallest absolute Gasteiger partial charge is 0.243 e. The van der Waals surface area contributed by atoms with Crippen molar-refractivity contribution in [2.24, 2.45) is 0 Å². The van der Waals surface area contributed by atoms with Gasteiger partial charge in [-0.05, 0) is 83.4 Å². The highest BCUT2D eigenvalue weighted by Crippen LogP contribution is 2.40. The minimum atomic E-state index is -0.172. The zero-order valence-electron chi connectivity index (χ0n) is 26.7. The Hall–Kier alpha value is -3.15. The fraction of sp³-hybridized carbons (Fsp3) is 0.571. The van der Waals surface area contributed by atoms with Crippen LogP contribution >= 0.6 is 0 Å². The van der Waals surface area contributed by atoms with Crippen LogP contribution in [0.2, 0.25) is 0 Å². The van der Waals surface area contributed by atoms with E-state index in [4.69, 9.17) is 9.47 Å². The summed E-state index contributed by atoms with van der Waals surface area (Å²) in [6, 6.07) is 7.72. The lowest BCUT2D eigenvalue weighted by molar-refractivity contribution is -0.116. The number of benzene rings is 2. The van der Waals surface area contributed by atoms with Crippen LogP contribution in [0.15, 0.2) is 30.3 Å². The molecule has 2 rings (SSSR count). The Balaban J connectivity index is 1.98. The number of ether oxygens (including phenoxy) is 2. The van der Waals surface area contributed by atoms with Gasteiger partial charge in [0, 0.05) is 12.6 Å². The first-order chi connectivity index (χ1) is 19.3. The Morgan fingerprint density at radius 1 is 0.780 bits per heavy atom. The van der Waals surface area contributed by atoms with Crippen molar-refractivity contribution in [1.29, 1.82) is 0 Å². The van der Waals surface area contributed by atoms with E-state index in [0.29, 0.717) is 37.0 Å². The first-order valence-electron chi connectivity index (χ1n) is 15.2. The molecule has 0 bridgehead atoms. The van der Waals surface area contributed by atoms with Crippen LogP contribution in [0.4, 0.5) is 0 Å². The molecule has 0 aliphatic carbocycles. The molecule has 0 spiro atoms. The molecule has 2 aromatic rings. The van der Waals surface area contributed by atoms with Crippen LogP contribution < -0.4 is 14.8 Å². The number of rotatable bonds is 15. The number of aromatic hydroxyl groups is 2. The summed E-state index contributed by atoms with van der Waals surface area (Å²) in [5.74, 6) is 0.962. The highest BCUT2D eigenvalue weighted by Gasteiger charge is 2.26. The third-order valence-corrected chi connectivity index (χ3v) is 6.98. The third kappa shape index (κ3) is 11.0. The SMILES string of the molecule is CCCCOc1cc(C=CC(=O)NCCCCc2cc(C(C)(C)C)c(O)c(C(C)(C)C)c2)cc(OCCCC)c1O. The minimum absolute atomic E-state index is 0.00308. The first-order valence-corrected chi connectivity index (χ1v) is 15.2. The predicted molar refractivity (Wildman–Crippen MR) is 169 cm³/mol. The van der Waals surface area contributed by atoms with Crippen molar-refractivity contribution in [1.82, 2.24) is 5.32 Å². The van der Waals surface area contributed by atoms with E-state index in [-0.39, 0.29) is 22.5 Å². The summed E-state index contributed by atoms with van der Waals surface area (Å²) in [6.07, 6.45) is 9.63. The largest absolute Gasteiger partial charge is 0.507 e. The van der Waals surface area contributed by atoms with Gasteiger partial charge in [-0.2, -0.15) is 0 Å². The zero-order valence-corrected chi connectivity index (χ0v) is 26.7. The van der Waals surface area contributed by atoms with E-state index < -0.39 is 0 Å². The van der Waals surface area contributed by atoms with Crippen molar-refractivity contribution < 1.29 is 24.5 Å². The van der Waals surface area contributed by atoms with Crippen molar-refractivity contribution >= 4 is 12.0 Å². The molecular formula is C35H53NO5. The van der Waals surface area contributed by atoms with E-state index in [2.05, 4.69) is 72.8 Å². The zero-order chi connectivity index (χ0) is 30.6. The molecule has 228 valence electrons. The Bertz CT molecular complexity index is 1090. The van der Waals surface area contributed by atoms with Gasteiger partial charge in [0.15, 0.2) is 11.5 Å². The van der Waals surface area contributed by atoms with Crippen molar-refractivity contribution in [2.75, 3.05) is 19.8 Å². The topological polar surface area (TPSA) is 88.0 Å². The van der Waals surface area contributed by atoms with Gasteiger partial charge in [0.25, 0.3) is 0 Å². The lowest BCUT2D eigenvalue weighted by Gasteiger charge is -2.28. The van der Waals surface area contributed by atoms with Gasteiger partial charge in [-0.3, -0.25) is 4.79 Å². The highest BCUT2D eigenvalue weighted by molar-refractivity contribution is 5.91. The molecule has 1 amide bonds. The second-order valence-corrected chi connectivity index (χ2v) is 12.9. The highest BCUT2D eigenvalue weighted by atomic mass is 16.5. The van der Waals surface area contributed by atoms with E-state index in [1.165, 1.54) is 11.6 Å². The average molecular weight is 568 g/mol. The van der Waals surface area contributed by atoms with Gasteiger partial charge in [-0.15, -0.1) is 0 Å². The summed E-state index contributed by atoms with van der Waals surface area (Å²) in [5.41, 5.74) is 3.60. The van der Waals surface area contributed by atoms with Crippen LogP contribution in [0, 0.1) is 0 Å². The van der Waals surface area contributed by atoms with Crippen LogP contribution in [0.1, 0.15) is 116 Å². The predicted octanol–water partition coefficient (Wildman–Crippen LogP) is 8.20. The number of hydrogen-bond acceptors (Lipinski definition) is 5. The fourth-order valence-corrected chi connectivity index (χ4v) is 4.45. The average Bonchev–Trinajstić information content (AvgIpc) is 2.89. The molecular weight excluding hydrogens is 514 g/mol. The molecule has 0 aliphatic rings. The van der Waals surface area contributed by atoms with Crippen LogP contribution in [0.3, 0.4) is 0 Å². The Labute approximate surface area is 248 Å². The second-order valence-electron chi connectivity index (χ2n) is 12.9. The van der Waals surface area contributed by atoms with Gasteiger partial charge >= 0.3 is 0 Å². The molecule has 6 nitrogen and oxygen atoms in total. The molecule has 0 aromatic heterocycles. The van der Waals surface area contributed by atoms with Gasteiger partial charge < -0.3 is 25.0 Å². The van der Waals surface area contributed by atoms with Crippen molar-refractivity contribution in [2.45, 2.75) is 111 Å². The van der Waals surface area contributed by atoms with E-state index >= 15 is 0 Å². The molecule has 3 N–H and O–H groups in total. The number of aryl methyl sites for hydroxylation is 1. The normalized spacial score (nSPS) is 12.1. The Morgan fingerprint density at radius 3 is 1.76 bits per heavy atom. The van der Waals surface area contributed by atoms with E-state index in [9.17, 15) is 15.0 Å². The molecule has 0 unspecified atom stereocenters. The summed E-state index contributed by atoms with van der Waals surface area (Å²) < 4.78 is 11.6. The van der Waals surface area contributed by atoms with Gasteiger partial charge in [0.05, 0.1) is 13.2 Å². The van der Waals surface area contributed by atoms with E-state index in [0.717, 1.165) is 61.6 Å². The van der Waals surface area contributed by atoms with E-state index in [1.807, 2.05) is 0 Å². The molecule has 0 heterocycles. The third-order valence-electron chi connectivity index (χ3n) is 6.98. The second kappa shape index (κ2) is 15.7. The molecule has 0 saturated heterocycles. The number of phenols is 2. The maximum Gasteiger partial charge on any atom is 0.243 e. The van der Waals surface area contributed by atoms with Gasteiger partial charge in [-0.1, -0.05) is 80.4 Å². The Kier molecular flexibility index (Phi) is 13.1. The maximum absolute atomic E-state index is 12.5. The van der Waals surface area contributed by atoms with E-state index in [1.54, 1.807) is 18.2 Å². The molecule has 0 atom stereocenters. The molecule has 0 aliphatic heterocycles. The molecule has 2 aromatic carbocycles. The van der Waals surface area contributed by atoms with Crippen molar-refractivity contribution in [3.8, 4) is 23.0 Å². The fourth-order valence-electron chi connectivity index (χ4n) is 4.45. The van der Waals surface area contributed by atoms with Crippen molar-refractivity contribution in [3.63, 3.8) is 0 Å². The standard InChI is InChI=1S/C35H53NO5/c1-9-11-19-40-29-23-26(24-30(33(29)39)41-20-12-10-2)16-17-31(37)36-18-14-13-15-25-21-27(34(3,4)5)32(38)28(22-25)35(6,7)8/h16-17,21-24,38-39H,9-15,18-20H2,1-8H3,(H,36,37). The monoisotopic (exact) mass is 567 g/mol. The maximum atomic E-state index is 12.5. The first kappa shape index (κ1) is 34.1. The molecule has 0 saturated carbocycles. The summed E-state index contributed by atoms with van der Waals surface area (Å²) >= 11 is 0. The molecule has 0 fully saturated rings. The summed E-state index contributed by atoms with van der Waals surface area (Å²) in [4.78, 5) is 12.5. The molecule has 6 heteroatoms. The van der Waals surface area contributed by atoms with Crippen LogP contribution in [-0.2, 0) is 22.0 Å². The van der Waals surface area contributed by atoms with Gasteiger partial charge in [0.1, 0.15) is 5.75 Å². The number of phenolic OH excluding ortho intramolecular Hbond substituents is 2. The number of nitrogens with one attached hydrogen (secondary N) is 1. The lowest BCUT2D eigenvalue weighted by Crippen LogP contribution is -2.22. The lowest BCUT2D eigenvalue weighted by atomic mass is 9.78. The summed E-state index contributed by atoms with van der Waals surface area (Å²) in [7, 11) is 0.